The normalized spacial score (nSPS) is 16.8. The first-order valence-corrected chi connectivity index (χ1v) is 7.69. The van der Waals surface area contributed by atoms with Gasteiger partial charge < -0.3 is 5.73 Å². The molecule has 1 aromatic carbocycles. The predicted molar refractivity (Wildman–Crippen MR) is 80.0 cm³/mol. The van der Waals surface area contributed by atoms with Gasteiger partial charge in [0.1, 0.15) is 5.01 Å². The number of hydrogen-bond donors (Lipinski definition) is 1. The smallest absolute Gasteiger partial charge is 0.123 e. The van der Waals surface area contributed by atoms with Crippen LogP contribution in [0.3, 0.4) is 0 Å². The Balaban J connectivity index is 2.03. The summed E-state index contributed by atoms with van der Waals surface area (Å²) in [6.07, 6.45) is 2.43. The van der Waals surface area contributed by atoms with Gasteiger partial charge in [0.15, 0.2) is 0 Å². The lowest BCUT2D eigenvalue weighted by Gasteiger charge is -2.09. The van der Waals surface area contributed by atoms with Gasteiger partial charge in [0, 0.05) is 26.9 Å². The topological polar surface area (TPSA) is 38.9 Å². The zero-order valence-corrected chi connectivity index (χ0v) is 12.6. The Hall–Kier alpha value is -0.710. The number of thiazole rings is 1. The summed E-state index contributed by atoms with van der Waals surface area (Å²) in [6, 6.07) is 8.30. The maximum atomic E-state index is 5.91. The quantitative estimate of drug-likeness (QED) is 0.931. The molecule has 1 aromatic heterocycles. The Kier molecular flexibility index (Phi) is 3.04. The molecular weight excluding hydrogens is 308 g/mol. The molecule has 94 valence electrons. The van der Waals surface area contributed by atoms with Crippen LogP contribution < -0.4 is 5.73 Å². The molecule has 0 bridgehead atoms. The van der Waals surface area contributed by atoms with Gasteiger partial charge in [0.25, 0.3) is 0 Å². The van der Waals surface area contributed by atoms with E-state index >= 15 is 0 Å². The summed E-state index contributed by atoms with van der Waals surface area (Å²) in [4.78, 5) is 6.11. The molecule has 0 aliphatic heterocycles. The number of nitrogens with zero attached hydrogens (tertiary/aromatic N) is 1. The number of aryl methyl sites for hydroxylation is 1. The summed E-state index contributed by atoms with van der Waals surface area (Å²) in [5.74, 6) is 0. The molecule has 1 heterocycles. The minimum atomic E-state index is 0.242. The van der Waals surface area contributed by atoms with Gasteiger partial charge in [0.2, 0.25) is 0 Å². The van der Waals surface area contributed by atoms with Crippen molar-refractivity contribution in [1.82, 2.24) is 4.98 Å². The van der Waals surface area contributed by atoms with E-state index in [1.165, 1.54) is 23.3 Å². The maximum absolute atomic E-state index is 5.91. The number of hydrogen-bond acceptors (Lipinski definition) is 3. The highest BCUT2D eigenvalue weighted by Crippen LogP contribution is 2.51. The van der Waals surface area contributed by atoms with Crippen LogP contribution in [0, 0.1) is 6.92 Å². The van der Waals surface area contributed by atoms with Gasteiger partial charge in [-0.1, -0.05) is 28.1 Å². The minimum absolute atomic E-state index is 0.242. The lowest BCUT2D eigenvalue weighted by Crippen LogP contribution is -2.19. The molecular formula is C14H15BrN2S. The predicted octanol–water partition coefficient (Wildman–Crippen LogP) is 3.87. The molecule has 1 aliphatic carbocycles. The molecule has 4 heteroatoms. The van der Waals surface area contributed by atoms with E-state index in [-0.39, 0.29) is 5.41 Å². The number of benzene rings is 1. The van der Waals surface area contributed by atoms with E-state index in [4.69, 9.17) is 10.7 Å². The Bertz CT molecular complexity index is 587. The van der Waals surface area contributed by atoms with Gasteiger partial charge in [-0.2, -0.15) is 0 Å². The van der Waals surface area contributed by atoms with Gasteiger partial charge >= 0.3 is 0 Å². The van der Waals surface area contributed by atoms with Crippen molar-refractivity contribution in [2.24, 2.45) is 5.73 Å². The van der Waals surface area contributed by atoms with E-state index in [1.54, 1.807) is 11.3 Å². The SMILES string of the molecule is Cc1nc(-c2cccc(Br)c2)sc1C1(CN)CC1. The monoisotopic (exact) mass is 322 g/mol. The van der Waals surface area contributed by atoms with E-state index in [1.807, 2.05) is 12.1 Å². The summed E-state index contributed by atoms with van der Waals surface area (Å²) in [5.41, 5.74) is 8.48. The summed E-state index contributed by atoms with van der Waals surface area (Å²) in [6.45, 7) is 2.84. The van der Waals surface area contributed by atoms with Crippen LogP contribution in [0.15, 0.2) is 28.7 Å². The van der Waals surface area contributed by atoms with Crippen LogP contribution >= 0.6 is 27.3 Å². The molecule has 3 rings (SSSR count). The van der Waals surface area contributed by atoms with Crippen LogP contribution in [0.1, 0.15) is 23.4 Å². The Morgan fingerprint density at radius 3 is 2.83 bits per heavy atom. The molecule has 2 nitrogen and oxygen atoms in total. The number of aromatic nitrogens is 1. The molecule has 0 saturated heterocycles. The summed E-state index contributed by atoms with van der Waals surface area (Å²) in [5, 5.41) is 1.10. The molecule has 2 aromatic rings. The van der Waals surface area contributed by atoms with Crippen LogP contribution in [-0.4, -0.2) is 11.5 Å². The number of halogens is 1. The third-order valence-corrected chi connectivity index (χ3v) is 5.54. The highest BCUT2D eigenvalue weighted by molar-refractivity contribution is 9.10. The van der Waals surface area contributed by atoms with E-state index < -0.39 is 0 Å². The van der Waals surface area contributed by atoms with Gasteiger partial charge in [0.05, 0.1) is 5.69 Å². The van der Waals surface area contributed by atoms with Gasteiger partial charge in [-0.05, 0) is 31.9 Å². The second-order valence-electron chi connectivity index (χ2n) is 4.93. The highest BCUT2D eigenvalue weighted by Gasteiger charge is 2.45. The van der Waals surface area contributed by atoms with Crippen molar-refractivity contribution in [2.75, 3.05) is 6.54 Å². The van der Waals surface area contributed by atoms with Crippen molar-refractivity contribution >= 4 is 27.3 Å². The van der Waals surface area contributed by atoms with Crippen LogP contribution in [0.25, 0.3) is 10.6 Å². The fraction of sp³-hybridized carbons (Fsp3) is 0.357. The van der Waals surface area contributed by atoms with Gasteiger partial charge in [-0.25, -0.2) is 4.98 Å². The average Bonchev–Trinajstić information content (AvgIpc) is 3.06. The molecule has 2 N–H and O–H groups in total. The van der Waals surface area contributed by atoms with Crippen molar-refractivity contribution in [2.45, 2.75) is 25.2 Å². The zero-order chi connectivity index (χ0) is 12.8. The van der Waals surface area contributed by atoms with Crippen LogP contribution in [0.4, 0.5) is 0 Å². The lowest BCUT2D eigenvalue weighted by atomic mass is 10.0. The Morgan fingerprint density at radius 2 is 2.22 bits per heavy atom. The van der Waals surface area contributed by atoms with Crippen molar-refractivity contribution in [1.29, 1.82) is 0 Å². The molecule has 1 saturated carbocycles. The second kappa shape index (κ2) is 4.44. The molecule has 0 unspecified atom stereocenters. The fourth-order valence-electron chi connectivity index (χ4n) is 2.31. The largest absolute Gasteiger partial charge is 0.330 e. The molecule has 0 amide bonds. The Labute approximate surface area is 119 Å². The lowest BCUT2D eigenvalue weighted by molar-refractivity contribution is 0.712. The van der Waals surface area contributed by atoms with Crippen molar-refractivity contribution < 1.29 is 0 Å². The molecule has 0 atom stereocenters. The number of rotatable bonds is 3. The first-order chi connectivity index (χ1) is 8.64. The van der Waals surface area contributed by atoms with Gasteiger partial charge in [-0.15, -0.1) is 11.3 Å². The Morgan fingerprint density at radius 1 is 1.44 bits per heavy atom. The van der Waals surface area contributed by atoms with Crippen LogP contribution in [0.2, 0.25) is 0 Å². The summed E-state index contributed by atoms with van der Waals surface area (Å²) >= 11 is 5.31. The molecule has 1 fully saturated rings. The van der Waals surface area contributed by atoms with Crippen molar-refractivity contribution in [3.8, 4) is 10.6 Å². The molecule has 1 aliphatic rings. The molecule has 18 heavy (non-hydrogen) atoms. The minimum Gasteiger partial charge on any atom is -0.330 e. The van der Waals surface area contributed by atoms with E-state index in [0.29, 0.717) is 0 Å². The zero-order valence-electron chi connectivity index (χ0n) is 10.2. The summed E-state index contributed by atoms with van der Waals surface area (Å²) in [7, 11) is 0. The third-order valence-electron chi connectivity index (χ3n) is 3.59. The third kappa shape index (κ3) is 2.02. The van der Waals surface area contributed by atoms with E-state index in [9.17, 15) is 0 Å². The van der Waals surface area contributed by atoms with Crippen LogP contribution in [-0.2, 0) is 5.41 Å². The van der Waals surface area contributed by atoms with Gasteiger partial charge in [-0.3, -0.25) is 0 Å². The summed E-state index contributed by atoms with van der Waals surface area (Å²) < 4.78 is 1.09. The standard InChI is InChI=1S/C14H15BrN2S/c1-9-12(14(8-16)5-6-14)18-13(17-9)10-3-2-4-11(15)7-10/h2-4,7H,5-6,8,16H2,1H3. The first-order valence-electron chi connectivity index (χ1n) is 6.08. The molecule has 0 spiro atoms. The van der Waals surface area contributed by atoms with Crippen LogP contribution in [0.5, 0.6) is 0 Å². The average molecular weight is 323 g/mol. The molecule has 0 radical (unpaired) electrons. The van der Waals surface area contributed by atoms with E-state index in [0.717, 1.165) is 21.7 Å². The first kappa shape index (κ1) is 12.3. The highest BCUT2D eigenvalue weighted by atomic mass is 79.9. The number of nitrogens with two attached hydrogens (primary N) is 1. The fourth-order valence-corrected chi connectivity index (χ4v) is 4.03. The van der Waals surface area contributed by atoms with E-state index in [2.05, 4.69) is 35.0 Å². The van der Waals surface area contributed by atoms with Crippen molar-refractivity contribution in [3.63, 3.8) is 0 Å². The maximum Gasteiger partial charge on any atom is 0.123 e. The second-order valence-corrected chi connectivity index (χ2v) is 6.84. The van der Waals surface area contributed by atoms with Crippen molar-refractivity contribution in [3.05, 3.63) is 39.3 Å².